The molecule has 3 aromatic carbocycles. The minimum absolute atomic E-state index is 0.198. The van der Waals surface area contributed by atoms with Gasteiger partial charge in [-0.1, -0.05) is 47.7 Å². The van der Waals surface area contributed by atoms with Crippen molar-refractivity contribution in [3.63, 3.8) is 0 Å². The lowest BCUT2D eigenvalue weighted by molar-refractivity contribution is 0.0985. The normalized spacial score (nSPS) is 10.8. The first-order valence-corrected chi connectivity index (χ1v) is 10.1. The summed E-state index contributed by atoms with van der Waals surface area (Å²) in [6.07, 6.45) is 0. The van der Waals surface area contributed by atoms with Crippen molar-refractivity contribution in [2.75, 3.05) is 11.5 Å². The van der Waals surface area contributed by atoms with Gasteiger partial charge in [0.2, 0.25) is 0 Å². The zero-order valence-electron chi connectivity index (χ0n) is 15.8. The van der Waals surface area contributed by atoms with Crippen LogP contribution in [0, 0.1) is 5.82 Å². The average Bonchev–Trinajstić information content (AvgIpc) is 3.18. The first-order valence-electron chi connectivity index (χ1n) is 9.29. The summed E-state index contributed by atoms with van der Waals surface area (Å²) in [4.78, 5) is 19.4. The van der Waals surface area contributed by atoms with Crippen LogP contribution in [0.15, 0.2) is 72.8 Å². The maximum absolute atomic E-state index is 14.2. The number of fused-ring (bicyclic) bond motifs is 1. The number of nitrogens with zero attached hydrogens (tertiary/aromatic N) is 2. The molecule has 1 amide bonds. The molecule has 29 heavy (non-hydrogen) atoms. The second-order valence-corrected chi connectivity index (χ2v) is 7.43. The lowest BCUT2D eigenvalue weighted by Gasteiger charge is -2.20. The molecule has 0 saturated heterocycles. The SMILES string of the molecule is CCOc1ccc(C(=O)N(Cc2ccccc2)c2nc3c(F)cccc3s2)cc1. The highest BCUT2D eigenvalue weighted by Gasteiger charge is 2.22. The highest BCUT2D eigenvalue weighted by Crippen LogP contribution is 2.32. The van der Waals surface area contributed by atoms with Crippen molar-refractivity contribution in [1.29, 1.82) is 0 Å². The molecule has 0 atom stereocenters. The van der Waals surface area contributed by atoms with Crippen molar-refractivity contribution in [3.8, 4) is 5.75 Å². The van der Waals surface area contributed by atoms with Gasteiger partial charge in [0.15, 0.2) is 5.13 Å². The van der Waals surface area contributed by atoms with Crippen LogP contribution < -0.4 is 9.64 Å². The molecule has 4 rings (SSSR count). The summed E-state index contributed by atoms with van der Waals surface area (Å²) in [5, 5.41) is 0.466. The Bertz CT molecular complexity index is 1130. The zero-order valence-corrected chi connectivity index (χ0v) is 16.7. The Hall–Kier alpha value is -3.25. The number of anilines is 1. The van der Waals surface area contributed by atoms with E-state index in [0.29, 0.717) is 34.3 Å². The number of aromatic nitrogens is 1. The van der Waals surface area contributed by atoms with E-state index in [-0.39, 0.29) is 11.4 Å². The molecule has 0 radical (unpaired) electrons. The third-order valence-electron chi connectivity index (χ3n) is 4.43. The Labute approximate surface area is 172 Å². The van der Waals surface area contributed by atoms with Crippen LogP contribution in [0.1, 0.15) is 22.8 Å². The minimum atomic E-state index is -0.391. The fourth-order valence-electron chi connectivity index (χ4n) is 3.03. The second kappa shape index (κ2) is 8.41. The predicted molar refractivity (Wildman–Crippen MR) is 114 cm³/mol. The monoisotopic (exact) mass is 406 g/mol. The standard InChI is InChI=1S/C23H19FN2O2S/c1-2-28-18-13-11-17(12-14-18)22(27)26(15-16-7-4-3-5-8-16)23-25-21-19(24)9-6-10-20(21)29-23/h3-14H,2,15H2,1H3. The van der Waals surface area contributed by atoms with E-state index in [0.717, 1.165) is 5.56 Å². The number of para-hydroxylation sites is 1. The van der Waals surface area contributed by atoms with E-state index in [1.54, 1.807) is 35.2 Å². The van der Waals surface area contributed by atoms with E-state index in [1.807, 2.05) is 43.3 Å². The molecule has 146 valence electrons. The fourth-order valence-corrected chi connectivity index (χ4v) is 4.00. The van der Waals surface area contributed by atoms with Crippen LogP contribution in [-0.2, 0) is 6.54 Å². The molecule has 0 spiro atoms. The summed E-state index contributed by atoms with van der Waals surface area (Å²) < 4.78 is 20.3. The van der Waals surface area contributed by atoms with E-state index < -0.39 is 5.82 Å². The first-order chi connectivity index (χ1) is 14.2. The lowest BCUT2D eigenvalue weighted by Crippen LogP contribution is -2.30. The van der Waals surface area contributed by atoms with Crippen molar-refractivity contribution in [3.05, 3.63) is 89.7 Å². The number of thiazole rings is 1. The van der Waals surface area contributed by atoms with Crippen LogP contribution in [0.5, 0.6) is 5.75 Å². The summed E-state index contributed by atoms with van der Waals surface area (Å²) in [5.41, 5.74) is 1.76. The van der Waals surface area contributed by atoms with Crippen LogP contribution in [0.25, 0.3) is 10.2 Å². The summed E-state index contributed by atoms with van der Waals surface area (Å²) in [7, 11) is 0. The molecule has 0 unspecified atom stereocenters. The molecule has 0 fully saturated rings. The van der Waals surface area contributed by atoms with E-state index in [4.69, 9.17) is 4.74 Å². The third kappa shape index (κ3) is 4.12. The smallest absolute Gasteiger partial charge is 0.260 e. The van der Waals surface area contributed by atoms with Crippen molar-refractivity contribution in [2.45, 2.75) is 13.5 Å². The molecule has 1 heterocycles. The number of hydrogen-bond donors (Lipinski definition) is 0. The fraction of sp³-hybridized carbons (Fsp3) is 0.130. The van der Waals surface area contributed by atoms with Crippen molar-refractivity contribution < 1.29 is 13.9 Å². The Morgan fingerprint density at radius 3 is 2.48 bits per heavy atom. The Kier molecular flexibility index (Phi) is 5.53. The molecule has 0 saturated carbocycles. The lowest BCUT2D eigenvalue weighted by atomic mass is 10.1. The second-order valence-electron chi connectivity index (χ2n) is 6.42. The van der Waals surface area contributed by atoms with Gasteiger partial charge in [-0.15, -0.1) is 0 Å². The van der Waals surface area contributed by atoms with Gasteiger partial charge in [-0.25, -0.2) is 9.37 Å². The minimum Gasteiger partial charge on any atom is -0.494 e. The molecule has 4 nitrogen and oxygen atoms in total. The molecule has 0 bridgehead atoms. The number of ether oxygens (including phenoxy) is 1. The maximum Gasteiger partial charge on any atom is 0.260 e. The molecule has 0 aliphatic heterocycles. The average molecular weight is 406 g/mol. The summed E-state index contributed by atoms with van der Waals surface area (Å²) in [6.45, 7) is 2.81. The van der Waals surface area contributed by atoms with Gasteiger partial charge < -0.3 is 4.74 Å². The molecule has 0 aliphatic carbocycles. The van der Waals surface area contributed by atoms with Gasteiger partial charge in [0, 0.05) is 5.56 Å². The summed E-state index contributed by atoms with van der Waals surface area (Å²) >= 11 is 1.30. The zero-order chi connectivity index (χ0) is 20.2. The van der Waals surface area contributed by atoms with Gasteiger partial charge in [-0.3, -0.25) is 9.69 Å². The number of carbonyl (C=O) groups excluding carboxylic acids is 1. The van der Waals surface area contributed by atoms with Crippen LogP contribution in [0.2, 0.25) is 0 Å². The quantitative estimate of drug-likeness (QED) is 0.414. The number of hydrogen-bond acceptors (Lipinski definition) is 4. The topological polar surface area (TPSA) is 42.4 Å². The van der Waals surface area contributed by atoms with Gasteiger partial charge in [0.25, 0.3) is 5.91 Å². The number of benzene rings is 3. The molecule has 4 aromatic rings. The van der Waals surface area contributed by atoms with E-state index in [9.17, 15) is 9.18 Å². The molecular weight excluding hydrogens is 387 g/mol. The van der Waals surface area contributed by atoms with Crippen LogP contribution >= 0.6 is 11.3 Å². The van der Waals surface area contributed by atoms with Crippen LogP contribution in [0.3, 0.4) is 0 Å². The van der Waals surface area contributed by atoms with Crippen molar-refractivity contribution >= 4 is 32.6 Å². The molecular formula is C23H19FN2O2S. The van der Waals surface area contributed by atoms with E-state index >= 15 is 0 Å². The number of rotatable bonds is 6. The highest BCUT2D eigenvalue weighted by molar-refractivity contribution is 7.22. The van der Waals surface area contributed by atoms with Gasteiger partial charge in [-0.05, 0) is 48.9 Å². The van der Waals surface area contributed by atoms with Crippen LogP contribution in [0.4, 0.5) is 9.52 Å². The van der Waals surface area contributed by atoms with Gasteiger partial charge >= 0.3 is 0 Å². The highest BCUT2D eigenvalue weighted by atomic mass is 32.1. The first kappa shape index (κ1) is 19.1. The van der Waals surface area contributed by atoms with Crippen molar-refractivity contribution in [2.24, 2.45) is 0 Å². The van der Waals surface area contributed by atoms with Gasteiger partial charge in [-0.2, -0.15) is 0 Å². The Morgan fingerprint density at radius 1 is 1.03 bits per heavy atom. The number of amides is 1. The Morgan fingerprint density at radius 2 is 1.79 bits per heavy atom. The molecule has 6 heteroatoms. The maximum atomic E-state index is 14.2. The number of carbonyl (C=O) groups is 1. The van der Waals surface area contributed by atoms with E-state index in [2.05, 4.69) is 4.98 Å². The van der Waals surface area contributed by atoms with Gasteiger partial charge in [0.05, 0.1) is 17.9 Å². The summed E-state index contributed by atoms with van der Waals surface area (Å²) in [6, 6.07) is 21.5. The van der Waals surface area contributed by atoms with Crippen molar-refractivity contribution in [1.82, 2.24) is 4.98 Å². The predicted octanol–water partition coefficient (Wildman–Crippen LogP) is 5.68. The molecule has 1 aromatic heterocycles. The van der Waals surface area contributed by atoms with Crippen LogP contribution in [-0.4, -0.2) is 17.5 Å². The van der Waals surface area contributed by atoms with E-state index in [1.165, 1.54) is 17.4 Å². The third-order valence-corrected chi connectivity index (χ3v) is 5.47. The van der Waals surface area contributed by atoms with Gasteiger partial charge in [0.1, 0.15) is 17.1 Å². The largest absolute Gasteiger partial charge is 0.494 e. The Balaban J connectivity index is 1.72. The summed E-state index contributed by atoms with van der Waals surface area (Å²) in [5.74, 6) is 0.121. The molecule has 0 aliphatic rings. The number of halogens is 1. The molecule has 0 N–H and O–H groups in total.